The summed E-state index contributed by atoms with van der Waals surface area (Å²) in [5, 5.41) is 0. The Morgan fingerprint density at radius 1 is 1.04 bits per heavy atom. The number of carbonyl (C=O) groups excluding carboxylic acids is 1. The quantitative estimate of drug-likeness (QED) is 0.783. The molecular weight excluding hydrogens is 352 g/mol. The van der Waals surface area contributed by atoms with E-state index in [2.05, 4.69) is 29.0 Å². The minimum absolute atomic E-state index is 0.190. The first kappa shape index (κ1) is 18.4. The SMILES string of the molecule is CN1CC2CN(C(=O)c3cc(OCC4CCOCC4)cc(C4CC4)c3)CC2C1. The number of amides is 1. The van der Waals surface area contributed by atoms with E-state index in [1.165, 1.54) is 18.4 Å². The van der Waals surface area contributed by atoms with Crippen LogP contribution in [0.15, 0.2) is 18.2 Å². The predicted molar refractivity (Wildman–Crippen MR) is 108 cm³/mol. The molecule has 0 radical (unpaired) electrons. The second-order valence-corrected chi connectivity index (χ2v) is 9.38. The van der Waals surface area contributed by atoms with Gasteiger partial charge in [-0.05, 0) is 80.2 Å². The molecule has 2 atom stereocenters. The molecule has 3 heterocycles. The van der Waals surface area contributed by atoms with Gasteiger partial charge in [-0.15, -0.1) is 0 Å². The number of nitrogens with zero attached hydrogens (tertiary/aromatic N) is 2. The normalized spacial score (nSPS) is 28.5. The van der Waals surface area contributed by atoms with Crippen molar-refractivity contribution in [3.8, 4) is 5.75 Å². The van der Waals surface area contributed by atoms with E-state index in [0.29, 0.717) is 23.7 Å². The third-order valence-corrected chi connectivity index (χ3v) is 7.01. The van der Waals surface area contributed by atoms with Gasteiger partial charge in [-0.25, -0.2) is 0 Å². The molecule has 0 aromatic heterocycles. The van der Waals surface area contributed by atoms with Crippen LogP contribution < -0.4 is 4.74 Å². The molecule has 3 saturated heterocycles. The van der Waals surface area contributed by atoms with Gasteiger partial charge in [0.15, 0.2) is 0 Å². The lowest BCUT2D eigenvalue weighted by molar-refractivity contribution is 0.0497. The molecule has 1 aliphatic carbocycles. The van der Waals surface area contributed by atoms with Crippen molar-refractivity contribution in [2.24, 2.45) is 17.8 Å². The highest BCUT2D eigenvalue weighted by Crippen LogP contribution is 2.42. The van der Waals surface area contributed by atoms with Crippen molar-refractivity contribution in [1.82, 2.24) is 9.80 Å². The average Bonchev–Trinajstić information content (AvgIpc) is 3.41. The zero-order valence-electron chi connectivity index (χ0n) is 16.9. The monoisotopic (exact) mass is 384 g/mol. The molecule has 1 amide bonds. The van der Waals surface area contributed by atoms with E-state index in [0.717, 1.165) is 70.2 Å². The first-order valence-electron chi connectivity index (χ1n) is 11.0. The van der Waals surface area contributed by atoms with Crippen LogP contribution in [0.1, 0.15) is 47.5 Å². The van der Waals surface area contributed by atoms with Gasteiger partial charge in [-0.1, -0.05) is 0 Å². The molecule has 152 valence electrons. The van der Waals surface area contributed by atoms with Crippen LogP contribution in [0, 0.1) is 17.8 Å². The summed E-state index contributed by atoms with van der Waals surface area (Å²) in [6, 6.07) is 6.27. The van der Waals surface area contributed by atoms with Gasteiger partial charge < -0.3 is 19.3 Å². The van der Waals surface area contributed by atoms with Crippen LogP contribution in [-0.4, -0.2) is 68.8 Å². The standard InChI is InChI=1S/C23H32N2O3/c1-24-11-20-13-25(14-21(20)12-24)23(26)19-8-18(17-2-3-17)9-22(10-19)28-15-16-4-6-27-7-5-16/h8-10,16-17,20-21H,2-7,11-15H2,1H3. The van der Waals surface area contributed by atoms with Crippen molar-refractivity contribution in [3.63, 3.8) is 0 Å². The lowest BCUT2D eigenvalue weighted by Gasteiger charge is -2.23. The van der Waals surface area contributed by atoms with E-state index in [1.54, 1.807) is 0 Å². The van der Waals surface area contributed by atoms with Crippen LogP contribution in [0.5, 0.6) is 5.75 Å². The summed E-state index contributed by atoms with van der Waals surface area (Å²) in [6.07, 6.45) is 4.60. The summed E-state index contributed by atoms with van der Waals surface area (Å²) < 4.78 is 11.6. The van der Waals surface area contributed by atoms with E-state index >= 15 is 0 Å². The third-order valence-electron chi connectivity index (χ3n) is 7.01. The van der Waals surface area contributed by atoms with Crippen LogP contribution in [-0.2, 0) is 4.74 Å². The first-order chi connectivity index (χ1) is 13.7. The fraction of sp³-hybridized carbons (Fsp3) is 0.696. The van der Waals surface area contributed by atoms with Gasteiger partial charge in [-0.3, -0.25) is 4.79 Å². The molecule has 1 aromatic carbocycles. The molecule has 4 fully saturated rings. The predicted octanol–water partition coefficient (Wildman–Crippen LogP) is 3.00. The number of benzene rings is 1. The second kappa shape index (κ2) is 7.68. The highest BCUT2D eigenvalue weighted by atomic mass is 16.5. The van der Waals surface area contributed by atoms with E-state index in [9.17, 15) is 4.79 Å². The number of hydrogen-bond donors (Lipinski definition) is 0. The van der Waals surface area contributed by atoms with Gasteiger partial charge in [-0.2, -0.15) is 0 Å². The average molecular weight is 385 g/mol. The molecule has 3 aliphatic heterocycles. The van der Waals surface area contributed by atoms with Crippen LogP contribution >= 0.6 is 0 Å². The van der Waals surface area contributed by atoms with Crippen molar-refractivity contribution >= 4 is 5.91 Å². The summed E-state index contributed by atoms with van der Waals surface area (Å²) in [6.45, 7) is 6.45. The lowest BCUT2D eigenvalue weighted by Crippen LogP contribution is -2.32. The summed E-state index contributed by atoms with van der Waals surface area (Å²) in [4.78, 5) is 17.7. The smallest absolute Gasteiger partial charge is 0.254 e. The number of carbonyl (C=O) groups is 1. The molecule has 1 saturated carbocycles. The molecule has 28 heavy (non-hydrogen) atoms. The minimum Gasteiger partial charge on any atom is -0.493 e. The van der Waals surface area contributed by atoms with E-state index in [-0.39, 0.29) is 5.91 Å². The van der Waals surface area contributed by atoms with Crippen molar-refractivity contribution in [2.45, 2.75) is 31.6 Å². The molecule has 5 nitrogen and oxygen atoms in total. The maximum Gasteiger partial charge on any atom is 0.254 e. The Balaban J connectivity index is 1.29. The minimum atomic E-state index is 0.190. The molecule has 0 bridgehead atoms. The molecule has 5 heteroatoms. The van der Waals surface area contributed by atoms with Crippen LogP contribution in [0.3, 0.4) is 0 Å². The summed E-state index contributed by atoms with van der Waals surface area (Å²) in [5.41, 5.74) is 2.10. The number of hydrogen-bond acceptors (Lipinski definition) is 4. The van der Waals surface area contributed by atoms with Gasteiger partial charge in [0, 0.05) is 45.0 Å². The maximum atomic E-state index is 13.3. The fourth-order valence-electron chi connectivity index (χ4n) is 5.18. The van der Waals surface area contributed by atoms with Gasteiger partial charge in [0.1, 0.15) is 5.75 Å². The van der Waals surface area contributed by atoms with Crippen molar-refractivity contribution in [3.05, 3.63) is 29.3 Å². The summed E-state index contributed by atoms with van der Waals surface area (Å²) >= 11 is 0. The van der Waals surface area contributed by atoms with Crippen molar-refractivity contribution in [1.29, 1.82) is 0 Å². The molecule has 5 rings (SSSR count). The number of rotatable bonds is 5. The van der Waals surface area contributed by atoms with Crippen molar-refractivity contribution < 1.29 is 14.3 Å². The Bertz CT molecular complexity index is 713. The Morgan fingerprint density at radius 2 is 1.75 bits per heavy atom. The molecule has 0 spiro atoms. The summed E-state index contributed by atoms with van der Waals surface area (Å²) in [5.74, 6) is 3.53. The Labute approximate surface area is 168 Å². The zero-order valence-corrected chi connectivity index (χ0v) is 16.9. The number of likely N-dealkylation sites (tertiary alicyclic amines) is 2. The number of ether oxygens (including phenoxy) is 2. The van der Waals surface area contributed by atoms with E-state index in [1.807, 2.05) is 6.07 Å². The van der Waals surface area contributed by atoms with Crippen LogP contribution in [0.4, 0.5) is 0 Å². The highest BCUT2D eigenvalue weighted by Gasteiger charge is 2.40. The Morgan fingerprint density at radius 3 is 2.43 bits per heavy atom. The van der Waals surface area contributed by atoms with Gasteiger partial charge >= 0.3 is 0 Å². The fourth-order valence-corrected chi connectivity index (χ4v) is 5.18. The van der Waals surface area contributed by atoms with E-state index in [4.69, 9.17) is 9.47 Å². The molecule has 4 aliphatic rings. The second-order valence-electron chi connectivity index (χ2n) is 9.38. The zero-order chi connectivity index (χ0) is 19.1. The molecule has 0 N–H and O–H groups in total. The lowest BCUT2D eigenvalue weighted by atomic mass is 10.0. The maximum absolute atomic E-state index is 13.3. The largest absolute Gasteiger partial charge is 0.493 e. The third kappa shape index (κ3) is 3.92. The van der Waals surface area contributed by atoms with E-state index < -0.39 is 0 Å². The van der Waals surface area contributed by atoms with Crippen molar-refractivity contribution in [2.75, 3.05) is 53.0 Å². The Kier molecular flexibility index (Phi) is 5.06. The molecule has 2 unspecified atom stereocenters. The van der Waals surface area contributed by atoms with Crippen LogP contribution in [0.25, 0.3) is 0 Å². The summed E-state index contributed by atoms with van der Waals surface area (Å²) in [7, 11) is 2.19. The van der Waals surface area contributed by atoms with Gasteiger partial charge in [0.2, 0.25) is 0 Å². The number of fused-ring (bicyclic) bond motifs is 1. The Hall–Kier alpha value is -1.59. The highest BCUT2D eigenvalue weighted by molar-refractivity contribution is 5.95. The first-order valence-corrected chi connectivity index (χ1v) is 11.0. The van der Waals surface area contributed by atoms with Gasteiger partial charge in [0.05, 0.1) is 6.61 Å². The van der Waals surface area contributed by atoms with Gasteiger partial charge in [0.25, 0.3) is 5.91 Å². The van der Waals surface area contributed by atoms with Crippen LogP contribution in [0.2, 0.25) is 0 Å². The molecular formula is C23H32N2O3. The molecule has 1 aromatic rings. The topological polar surface area (TPSA) is 42.0 Å².